The Bertz CT molecular complexity index is 886. The highest BCUT2D eigenvalue weighted by atomic mass is 16.5. The van der Waals surface area contributed by atoms with Gasteiger partial charge in [0.1, 0.15) is 23.1 Å². The molecule has 2 aromatic rings. The van der Waals surface area contributed by atoms with E-state index in [1.165, 1.54) is 28.4 Å². The molecule has 0 bridgehead atoms. The quantitative estimate of drug-likeness (QED) is 0.579. The van der Waals surface area contributed by atoms with Crippen molar-refractivity contribution in [2.24, 2.45) is 0 Å². The Hall–Kier alpha value is -3.55. The summed E-state index contributed by atoms with van der Waals surface area (Å²) >= 11 is 0. The number of methoxy groups -OCH3 is 4. The number of aryl methyl sites for hydroxylation is 1. The first-order chi connectivity index (χ1) is 14.9. The fourth-order valence-corrected chi connectivity index (χ4v) is 3.07. The lowest BCUT2D eigenvalue weighted by Gasteiger charge is -2.19. The van der Waals surface area contributed by atoms with Crippen LogP contribution >= 0.6 is 0 Å². The molecule has 0 spiro atoms. The molecule has 166 valence electrons. The molecular weight excluding hydrogens is 402 g/mol. The molecular formula is C23H27NO7. The minimum Gasteiger partial charge on any atom is -0.496 e. The van der Waals surface area contributed by atoms with Crippen molar-refractivity contribution in [3.05, 3.63) is 59.2 Å². The Morgan fingerprint density at radius 3 is 1.94 bits per heavy atom. The van der Waals surface area contributed by atoms with Gasteiger partial charge in [0, 0.05) is 12.8 Å². The average molecular weight is 429 g/mol. The van der Waals surface area contributed by atoms with Gasteiger partial charge in [0.25, 0.3) is 5.91 Å². The van der Waals surface area contributed by atoms with Crippen molar-refractivity contribution < 1.29 is 33.3 Å². The van der Waals surface area contributed by atoms with Crippen LogP contribution < -0.4 is 14.8 Å². The second kappa shape index (κ2) is 11.6. The zero-order chi connectivity index (χ0) is 22.8. The smallest absolute Gasteiger partial charge is 0.328 e. The molecule has 0 aliphatic heterocycles. The summed E-state index contributed by atoms with van der Waals surface area (Å²) in [7, 11) is 5.52. The van der Waals surface area contributed by atoms with Crippen LogP contribution in [0.4, 0.5) is 0 Å². The highest BCUT2D eigenvalue weighted by Crippen LogP contribution is 2.28. The second-order valence-corrected chi connectivity index (χ2v) is 6.68. The number of benzene rings is 2. The Kier molecular flexibility index (Phi) is 8.87. The molecule has 31 heavy (non-hydrogen) atoms. The van der Waals surface area contributed by atoms with Crippen molar-refractivity contribution in [2.75, 3.05) is 28.4 Å². The maximum Gasteiger partial charge on any atom is 0.328 e. The van der Waals surface area contributed by atoms with Gasteiger partial charge in [0.15, 0.2) is 0 Å². The highest BCUT2D eigenvalue weighted by Gasteiger charge is 2.26. The summed E-state index contributed by atoms with van der Waals surface area (Å²) in [5, 5.41) is 2.71. The molecule has 8 heteroatoms. The first kappa shape index (κ1) is 23.7. The Morgan fingerprint density at radius 2 is 1.42 bits per heavy atom. The van der Waals surface area contributed by atoms with Gasteiger partial charge in [-0.2, -0.15) is 0 Å². The summed E-state index contributed by atoms with van der Waals surface area (Å²) in [6.45, 7) is 0. The largest absolute Gasteiger partial charge is 0.496 e. The van der Waals surface area contributed by atoms with Gasteiger partial charge in [-0.25, -0.2) is 4.79 Å². The van der Waals surface area contributed by atoms with Gasteiger partial charge >= 0.3 is 11.9 Å². The van der Waals surface area contributed by atoms with E-state index in [1.54, 1.807) is 18.2 Å². The Morgan fingerprint density at radius 1 is 0.839 bits per heavy atom. The standard InChI is InChI=1S/C23H27NO7/c1-28-18-6-5-7-19(29-2)21(18)22(26)24-17(23(27)31-4)14-16-10-8-15(9-11-16)12-13-20(25)30-3/h5-11,17H,12-14H2,1-4H3,(H,24,26). The van der Waals surface area contributed by atoms with Gasteiger partial charge in [-0.15, -0.1) is 0 Å². The van der Waals surface area contributed by atoms with Crippen molar-refractivity contribution in [1.29, 1.82) is 0 Å². The molecule has 0 aromatic heterocycles. The van der Waals surface area contributed by atoms with E-state index in [0.717, 1.165) is 11.1 Å². The third-order valence-electron chi connectivity index (χ3n) is 4.75. The van der Waals surface area contributed by atoms with Crippen LogP contribution in [-0.4, -0.2) is 52.3 Å². The SMILES string of the molecule is COC(=O)CCc1ccc(CC(NC(=O)c2c(OC)cccc2OC)C(=O)OC)cc1. The molecule has 1 atom stereocenters. The van der Waals surface area contributed by atoms with Gasteiger partial charge in [-0.1, -0.05) is 30.3 Å². The lowest BCUT2D eigenvalue weighted by molar-refractivity contribution is -0.143. The number of esters is 2. The van der Waals surface area contributed by atoms with E-state index >= 15 is 0 Å². The van der Waals surface area contributed by atoms with E-state index in [2.05, 4.69) is 10.1 Å². The van der Waals surface area contributed by atoms with Crippen molar-refractivity contribution in [3.8, 4) is 11.5 Å². The van der Waals surface area contributed by atoms with Gasteiger partial charge < -0.3 is 24.3 Å². The molecule has 1 N–H and O–H groups in total. The fraction of sp³-hybridized carbons (Fsp3) is 0.348. The van der Waals surface area contributed by atoms with E-state index in [-0.39, 0.29) is 24.4 Å². The molecule has 0 radical (unpaired) electrons. The van der Waals surface area contributed by atoms with Crippen LogP contribution in [0.25, 0.3) is 0 Å². The molecule has 2 aromatic carbocycles. The van der Waals surface area contributed by atoms with Crippen LogP contribution in [0.2, 0.25) is 0 Å². The minimum atomic E-state index is -0.909. The molecule has 0 saturated carbocycles. The van der Waals surface area contributed by atoms with Gasteiger partial charge in [0.05, 0.1) is 28.4 Å². The first-order valence-electron chi connectivity index (χ1n) is 9.67. The summed E-state index contributed by atoms with van der Waals surface area (Å²) < 4.78 is 20.0. The molecule has 8 nitrogen and oxygen atoms in total. The van der Waals surface area contributed by atoms with E-state index < -0.39 is 17.9 Å². The topological polar surface area (TPSA) is 100 Å². The predicted molar refractivity (Wildman–Crippen MR) is 113 cm³/mol. The number of rotatable bonds is 10. The number of hydrogen-bond donors (Lipinski definition) is 1. The van der Waals surface area contributed by atoms with Crippen LogP contribution in [0.5, 0.6) is 11.5 Å². The third kappa shape index (κ3) is 6.47. The molecule has 0 heterocycles. The predicted octanol–water partition coefficient (Wildman–Crippen LogP) is 2.32. The number of hydrogen-bond acceptors (Lipinski definition) is 7. The Labute approximate surface area is 181 Å². The normalized spacial score (nSPS) is 11.2. The third-order valence-corrected chi connectivity index (χ3v) is 4.75. The maximum absolute atomic E-state index is 12.9. The molecule has 1 unspecified atom stereocenters. The second-order valence-electron chi connectivity index (χ2n) is 6.68. The number of carbonyl (C=O) groups excluding carboxylic acids is 3. The summed E-state index contributed by atoms with van der Waals surface area (Å²) in [6, 6.07) is 11.5. The van der Waals surface area contributed by atoms with Crippen molar-refractivity contribution >= 4 is 17.8 Å². The summed E-state index contributed by atoms with van der Waals surface area (Å²) in [5.74, 6) is -0.702. The van der Waals surface area contributed by atoms with Crippen LogP contribution in [0.1, 0.15) is 27.9 Å². The molecule has 1 amide bonds. The zero-order valence-electron chi connectivity index (χ0n) is 18.1. The van der Waals surface area contributed by atoms with Crippen LogP contribution in [0.3, 0.4) is 0 Å². The first-order valence-corrected chi connectivity index (χ1v) is 9.67. The number of nitrogens with one attached hydrogen (secondary N) is 1. The molecule has 0 aliphatic rings. The van der Waals surface area contributed by atoms with Gasteiger partial charge in [-0.3, -0.25) is 9.59 Å². The number of amides is 1. The Balaban J connectivity index is 2.16. The van der Waals surface area contributed by atoms with E-state index in [4.69, 9.17) is 14.2 Å². The van der Waals surface area contributed by atoms with Crippen LogP contribution in [0.15, 0.2) is 42.5 Å². The highest BCUT2D eigenvalue weighted by molar-refractivity contribution is 6.01. The van der Waals surface area contributed by atoms with Crippen molar-refractivity contribution in [3.63, 3.8) is 0 Å². The number of ether oxygens (including phenoxy) is 4. The summed E-state index contributed by atoms with van der Waals surface area (Å²) in [6.07, 6.45) is 1.07. The summed E-state index contributed by atoms with van der Waals surface area (Å²) in [4.78, 5) is 36.5. The molecule has 0 fully saturated rings. The van der Waals surface area contributed by atoms with Gasteiger partial charge in [0.2, 0.25) is 0 Å². The van der Waals surface area contributed by atoms with Gasteiger partial charge in [-0.05, 0) is 29.7 Å². The average Bonchev–Trinajstić information content (AvgIpc) is 2.81. The fourth-order valence-electron chi connectivity index (χ4n) is 3.07. The lowest BCUT2D eigenvalue weighted by Crippen LogP contribution is -2.43. The summed E-state index contributed by atoms with van der Waals surface area (Å²) in [5.41, 5.74) is 1.98. The minimum absolute atomic E-state index is 0.194. The van der Waals surface area contributed by atoms with Crippen LogP contribution in [-0.2, 0) is 31.9 Å². The van der Waals surface area contributed by atoms with E-state index in [0.29, 0.717) is 17.9 Å². The molecule has 2 rings (SSSR count). The van der Waals surface area contributed by atoms with E-state index in [1.807, 2.05) is 24.3 Å². The van der Waals surface area contributed by atoms with Crippen molar-refractivity contribution in [1.82, 2.24) is 5.32 Å². The molecule has 0 aliphatic carbocycles. The lowest BCUT2D eigenvalue weighted by atomic mass is 10.0. The zero-order valence-corrected chi connectivity index (χ0v) is 18.1. The van der Waals surface area contributed by atoms with Crippen molar-refractivity contribution in [2.45, 2.75) is 25.3 Å². The monoisotopic (exact) mass is 429 g/mol. The molecule has 0 saturated heterocycles. The maximum atomic E-state index is 12.9. The number of carbonyl (C=O) groups is 3. The van der Waals surface area contributed by atoms with Crippen LogP contribution in [0, 0.1) is 0 Å². The van der Waals surface area contributed by atoms with E-state index in [9.17, 15) is 14.4 Å².